The van der Waals surface area contributed by atoms with E-state index in [4.69, 9.17) is 5.11 Å². The van der Waals surface area contributed by atoms with Crippen LogP contribution in [0, 0.1) is 5.82 Å². The molecule has 0 aliphatic heterocycles. The van der Waals surface area contributed by atoms with Gasteiger partial charge in [-0.25, -0.2) is 9.18 Å². The molecule has 0 saturated heterocycles. The summed E-state index contributed by atoms with van der Waals surface area (Å²) >= 11 is 0.884. The summed E-state index contributed by atoms with van der Waals surface area (Å²) in [6.45, 7) is 0. The topological polar surface area (TPSA) is 54.4 Å². The van der Waals surface area contributed by atoms with Gasteiger partial charge in [0.15, 0.2) is 5.43 Å². The van der Waals surface area contributed by atoms with Gasteiger partial charge in [-0.2, -0.15) is 0 Å². The number of hydrogen-bond donors (Lipinski definition) is 1. The van der Waals surface area contributed by atoms with Crippen LogP contribution >= 0.6 is 11.3 Å². The molecule has 1 heterocycles. The van der Waals surface area contributed by atoms with E-state index >= 15 is 0 Å². The van der Waals surface area contributed by atoms with Crippen molar-refractivity contribution in [1.29, 1.82) is 0 Å². The van der Waals surface area contributed by atoms with Gasteiger partial charge in [0.25, 0.3) is 0 Å². The van der Waals surface area contributed by atoms with Crippen molar-refractivity contribution < 1.29 is 14.3 Å². The zero-order chi connectivity index (χ0) is 11.0. The first-order valence-electron chi connectivity index (χ1n) is 4.04. The van der Waals surface area contributed by atoms with Gasteiger partial charge < -0.3 is 5.11 Å². The van der Waals surface area contributed by atoms with Crippen molar-refractivity contribution in [3.8, 4) is 0 Å². The molecule has 0 unspecified atom stereocenters. The molecule has 0 amide bonds. The largest absolute Gasteiger partial charge is 0.477 e. The molecule has 2 aromatic rings. The first-order valence-corrected chi connectivity index (χ1v) is 4.86. The van der Waals surface area contributed by atoms with Crippen molar-refractivity contribution in [2.24, 2.45) is 0 Å². The lowest BCUT2D eigenvalue weighted by Gasteiger charge is -1.97. The first kappa shape index (κ1) is 9.79. The molecule has 3 nitrogen and oxygen atoms in total. The minimum Gasteiger partial charge on any atom is -0.477 e. The van der Waals surface area contributed by atoms with Crippen LogP contribution in [0.5, 0.6) is 0 Å². The van der Waals surface area contributed by atoms with Crippen LogP contribution < -0.4 is 5.43 Å². The summed E-state index contributed by atoms with van der Waals surface area (Å²) in [5.74, 6) is -1.66. The maximum absolute atomic E-state index is 12.9. The molecule has 0 aliphatic rings. The third-order valence-corrected chi connectivity index (χ3v) is 2.97. The van der Waals surface area contributed by atoms with Gasteiger partial charge in [0.2, 0.25) is 0 Å². The highest BCUT2D eigenvalue weighted by molar-refractivity contribution is 7.20. The molecular formula is C10H5FO3S. The van der Waals surface area contributed by atoms with Crippen LogP contribution in [0.3, 0.4) is 0 Å². The molecule has 2 rings (SSSR count). The van der Waals surface area contributed by atoms with E-state index in [0.29, 0.717) is 10.1 Å². The third kappa shape index (κ3) is 1.73. The van der Waals surface area contributed by atoms with Crippen molar-refractivity contribution in [1.82, 2.24) is 0 Å². The quantitative estimate of drug-likeness (QED) is 0.807. The second kappa shape index (κ2) is 3.43. The molecule has 0 atom stereocenters. The lowest BCUT2D eigenvalue weighted by atomic mass is 10.2. The van der Waals surface area contributed by atoms with Crippen molar-refractivity contribution in [3.05, 3.63) is 45.2 Å². The fourth-order valence-corrected chi connectivity index (χ4v) is 2.17. The average Bonchev–Trinajstić information content (AvgIpc) is 2.16. The summed E-state index contributed by atoms with van der Waals surface area (Å²) in [5.41, 5.74) is -0.402. The molecule has 0 radical (unpaired) electrons. The van der Waals surface area contributed by atoms with Crippen molar-refractivity contribution >= 4 is 27.4 Å². The maximum Gasteiger partial charge on any atom is 0.346 e. The Kier molecular flexibility index (Phi) is 2.24. The van der Waals surface area contributed by atoms with Gasteiger partial charge in [0.1, 0.15) is 10.7 Å². The standard InChI is InChI=1S/C10H5FO3S/c11-5-1-2-6-7(12)4-9(10(13)14)15-8(6)3-5/h1-4H,(H,13,14). The lowest BCUT2D eigenvalue weighted by molar-refractivity contribution is 0.0702. The summed E-state index contributed by atoms with van der Waals surface area (Å²) in [6.07, 6.45) is 0. The number of carboxylic acid groups (broad SMARTS) is 1. The van der Waals surface area contributed by atoms with Gasteiger partial charge in [-0.3, -0.25) is 4.79 Å². The fraction of sp³-hybridized carbons (Fsp3) is 0. The molecule has 1 aromatic carbocycles. The molecule has 1 N–H and O–H groups in total. The van der Waals surface area contributed by atoms with E-state index in [0.717, 1.165) is 23.5 Å². The Hall–Kier alpha value is -1.75. The van der Waals surface area contributed by atoms with Crippen LogP contribution in [0.15, 0.2) is 29.1 Å². The van der Waals surface area contributed by atoms with Gasteiger partial charge in [-0.15, -0.1) is 11.3 Å². The zero-order valence-electron chi connectivity index (χ0n) is 7.36. The third-order valence-electron chi connectivity index (χ3n) is 1.90. The molecule has 0 bridgehead atoms. The molecule has 15 heavy (non-hydrogen) atoms. The van der Waals surface area contributed by atoms with Crippen LogP contribution in [0.25, 0.3) is 10.1 Å². The highest BCUT2D eigenvalue weighted by Crippen LogP contribution is 2.19. The number of benzene rings is 1. The van der Waals surface area contributed by atoms with Gasteiger partial charge in [0, 0.05) is 16.2 Å². The second-order valence-electron chi connectivity index (χ2n) is 2.92. The number of aromatic carboxylic acids is 1. The van der Waals surface area contributed by atoms with Crippen molar-refractivity contribution in [2.75, 3.05) is 0 Å². The first-order chi connectivity index (χ1) is 7.08. The number of carbonyl (C=O) groups is 1. The Labute approximate surface area is 87.4 Å². The Bertz CT molecular complexity index is 603. The van der Waals surface area contributed by atoms with Gasteiger partial charge in [-0.05, 0) is 18.2 Å². The Morgan fingerprint density at radius 3 is 2.73 bits per heavy atom. The van der Waals surface area contributed by atoms with Crippen LogP contribution in [0.2, 0.25) is 0 Å². The number of rotatable bonds is 1. The molecule has 5 heteroatoms. The molecule has 0 fully saturated rings. The maximum atomic E-state index is 12.9. The minimum absolute atomic E-state index is 0.0851. The Balaban J connectivity index is 2.85. The normalized spacial score (nSPS) is 10.5. The number of carboxylic acids is 1. The minimum atomic E-state index is -1.18. The summed E-state index contributed by atoms with van der Waals surface area (Å²) < 4.78 is 13.2. The number of hydrogen-bond acceptors (Lipinski definition) is 3. The van der Waals surface area contributed by atoms with E-state index < -0.39 is 17.2 Å². The van der Waals surface area contributed by atoms with E-state index in [-0.39, 0.29) is 4.88 Å². The van der Waals surface area contributed by atoms with Crippen molar-refractivity contribution in [2.45, 2.75) is 0 Å². The Morgan fingerprint density at radius 1 is 1.33 bits per heavy atom. The zero-order valence-corrected chi connectivity index (χ0v) is 8.18. The van der Waals surface area contributed by atoms with Crippen LogP contribution in [0.4, 0.5) is 4.39 Å². The van der Waals surface area contributed by atoms with E-state index in [1.165, 1.54) is 12.1 Å². The smallest absolute Gasteiger partial charge is 0.346 e. The number of fused-ring (bicyclic) bond motifs is 1. The fourth-order valence-electron chi connectivity index (χ4n) is 1.23. The molecule has 1 aromatic heterocycles. The van der Waals surface area contributed by atoms with Crippen LogP contribution in [0.1, 0.15) is 9.67 Å². The lowest BCUT2D eigenvalue weighted by Crippen LogP contribution is -2.04. The highest BCUT2D eigenvalue weighted by Gasteiger charge is 2.08. The Morgan fingerprint density at radius 2 is 2.07 bits per heavy atom. The van der Waals surface area contributed by atoms with Crippen molar-refractivity contribution in [3.63, 3.8) is 0 Å². The average molecular weight is 224 g/mol. The second-order valence-corrected chi connectivity index (χ2v) is 4.00. The van der Waals surface area contributed by atoms with Gasteiger partial charge >= 0.3 is 5.97 Å². The molecular weight excluding hydrogens is 219 g/mol. The predicted molar refractivity (Wildman–Crippen MR) is 55.0 cm³/mol. The van der Waals surface area contributed by atoms with Gasteiger partial charge in [0.05, 0.1) is 0 Å². The SMILES string of the molecule is O=C(O)c1cc(=O)c2ccc(F)cc2s1. The highest BCUT2D eigenvalue weighted by atomic mass is 32.1. The molecule has 0 spiro atoms. The molecule has 0 aliphatic carbocycles. The molecule has 76 valence electrons. The molecule has 0 saturated carbocycles. The van der Waals surface area contributed by atoms with Gasteiger partial charge in [-0.1, -0.05) is 0 Å². The summed E-state index contributed by atoms with van der Waals surface area (Å²) in [7, 11) is 0. The summed E-state index contributed by atoms with van der Waals surface area (Å²) in [4.78, 5) is 22.0. The van der Waals surface area contributed by atoms with E-state index in [2.05, 4.69) is 0 Å². The summed E-state index contributed by atoms with van der Waals surface area (Å²) in [5, 5.41) is 9.06. The predicted octanol–water partition coefficient (Wildman–Crippen LogP) is 2.10. The van der Waals surface area contributed by atoms with E-state index in [9.17, 15) is 14.0 Å². The summed E-state index contributed by atoms with van der Waals surface area (Å²) in [6, 6.07) is 4.74. The van der Waals surface area contributed by atoms with E-state index in [1.807, 2.05) is 0 Å². The number of halogens is 1. The van der Waals surface area contributed by atoms with Crippen LogP contribution in [-0.2, 0) is 0 Å². The van der Waals surface area contributed by atoms with E-state index in [1.54, 1.807) is 0 Å². The van der Waals surface area contributed by atoms with Crippen LogP contribution in [-0.4, -0.2) is 11.1 Å². The monoisotopic (exact) mass is 224 g/mol.